The number of carbonyl (C=O) groups is 1. The van der Waals surface area contributed by atoms with Gasteiger partial charge in [-0.05, 0) is 17.7 Å². The van der Waals surface area contributed by atoms with Gasteiger partial charge in [0, 0.05) is 29.8 Å². The van der Waals surface area contributed by atoms with E-state index in [1.54, 1.807) is 18.5 Å². The molecule has 124 valence electrons. The molecular formula is C18H15N5O2. The minimum atomic E-state index is -0.266. The predicted octanol–water partition coefficient (Wildman–Crippen LogP) is 1.59. The van der Waals surface area contributed by atoms with Gasteiger partial charge in [0.25, 0.3) is 5.56 Å². The highest BCUT2D eigenvalue weighted by Gasteiger charge is 2.12. The highest BCUT2D eigenvalue weighted by atomic mass is 16.2. The predicted molar refractivity (Wildman–Crippen MR) is 93.9 cm³/mol. The lowest BCUT2D eigenvalue weighted by molar-refractivity contribution is -0.121. The number of fused-ring (bicyclic) bond motifs is 3. The Morgan fingerprint density at radius 3 is 2.92 bits per heavy atom. The minimum absolute atomic E-state index is 0.0859. The van der Waals surface area contributed by atoms with E-state index in [9.17, 15) is 9.59 Å². The van der Waals surface area contributed by atoms with Crippen molar-refractivity contribution in [1.29, 1.82) is 0 Å². The molecule has 0 unspecified atom stereocenters. The lowest BCUT2D eigenvalue weighted by Gasteiger charge is -2.07. The Hall–Kier alpha value is -3.48. The second-order valence-electron chi connectivity index (χ2n) is 5.71. The van der Waals surface area contributed by atoms with E-state index >= 15 is 0 Å². The zero-order chi connectivity index (χ0) is 17.2. The first-order chi connectivity index (χ1) is 12.2. The van der Waals surface area contributed by atoms with E-state index in [0.29, 0.717) is 17.6 Å². The number of nitrogens with zero attached hydrogens (tertiary/aromatic N) is 3. The summed E-state index contributed by atoms with van der Waals surface area (Å²) in [5, 5.41) is 3.66. The van der Waals surface area contributed by atoms with E-state index < -0.39 is 0 Å². The molecule has 25 heavy (non-hydrogen) atoms. The van der Waals surface area contributed by atoms with Crippen molar-refractivity contribution in [3.05, 3.63) is 71.0 Å². The third kappa shape index (κ3) is 2.87. The van der Waals surface area contributed by atoms with Crippen LogP contribution in [-0.4, -0.2) is 25.4 Å². The van der Waals surface area contributed by atoms with Crippen LogP contribution in [0.1, 0.15) is 5.56 Å². The molecule has 0 saturated carbocycles. The molecule has 0 atom stereocenters. The van der Waals surface area contributed by atoms with E-state index in [4.69, 9.17) is 0 Å². The van der Waals surface area contributed by atoms with E-state index in [1.165, 1.54) is 10.9 Å². The fourth-order valence-corrected chi connectivity index (χ4v) is 2.77. The van der Waals surface area contributed by atoms with E-state index in [1.807, 2.05) is 30.3 Å². The standard InChI is InChI=1S/C18H15N5O2/c24-15(20-9-12-4-3-7-19-8-12)10-23-11-21-16-13-5-1-2-6-14(13)22-17(16)18(23)25/h1-8,11,22H,9-10H2,(H,20,24). The van der Waals surface area contributed by atoms with Crippen molar-refractivity contribution >= 4 is 27.8 Å². The van der Waals surface area contributed by atoms with Crippen molar-refractivity contribution in [1.82, 2.24) is 24.8 Å². The molecule has 0 spiro atoms. The highest BCUT2D eigenvalue weighted by molar-refractivity contribution is 6.04. The molecular weight excluding hydrogens is 318 g/mol. The quantitative estimate of drug-likeness (QED) is 0.593. The van der Waals surface area contributed by atoms with Crippen LogP contribution in [0.15, 0.2) is 59.9 Å². The van der Waals surface area contributed by atoms with Crippen molar-refractivity contribution in [2.75, 3.05) is 0 Å². The first-order valence-corrected chi connectivity index (χ1v) is 7.84. The summed E-state index contributed by atoms with van der Waals surface area (Å²) in [5.74, 6) is -0.261. The molecule has 4 rings (SSSR count). The molecule has 0 fully saturated rings. The van der Waals surface area contributed by atoms with Gasteiger partial charge in [-0.3, -0.25) is 19.1 Å². The second kappa shape index (κ2) is 6.20. The maximum absolute atomic E-state index is 12.6. The number of aromatic nitrogens is 4. The van der Waals surface area contributed by atoms with Gasteiger partial charge in [-0.15, -0.1) is 0 Å². The summed E-state index contributed by atoms with van der Waals surface area (Å²) in [7, 11) is 0. The van der Waals surface area contributed by atoms with E-state index in [2.05, 4.69) is 20.3 Å². The summed E-state index contributed by atoms with van der Waals surface area (Å²) in [6.07, 6.45) is 4.77. The third-order valence-corrected chi connectivity index (χ3v) is 4.01. The Bertz CT molecular complexity index is 1110. The molecule has 0 saturated heterocycles. The molecule has 3 heterocycles. The largest absolute Gasteiger partial charge is 0.350 e. The topological polar surface area (TPSA) is 92.7 Å². The number of pyridine rings is 1. The van der Waals surface area contributed by atoms with Crippen LogP contribution in [0.25, 0.3) is 21.9 Å². The van der Waals surface area contributed by atoms with Gasteiger partial charge in [0.15, 0.2) is 0 Å². The number of nitrogens with one attached hydrogen (secondary N) is 2. The van der Waals surface area contributed by atoms with Crippen molar-refractivity contribution in [2.45, 2.75) is 13.1 Å². The Labute approximate surface area is 142 Å². The van der Waals surface area contributed by atoms with Crippen LogP contribution in [0.5, 0.6) is 0 Å². The zero-order valence-electron chi connectivity index (χ0n) is 13.3. The first-order valence-electron chi connectivity index (χ1n) is 7.84. The summed E-state index contributed by atoms with van der Waals surface area (Å²) in [6.45, 7) is 0.279. The fraction of sp³-hybridized carbons (Fsp3) is 0.111. The van der Waals surface area contributed by atoms with Gasteiger partial charge in [-0.2, -0.15) is 0 Å². The van der Waals surface area contributed by atoms with E-state index in [0.717, 1.165) is 16.5 Å². The normalized spacial score (nSPS) is 11.0. The number of hydrogen-bond donors (Lipinski definition) is 2. The van der Waals surface area contributed by atoms with Gasteiger partial charge in [0.1, 0.15) is 17.6 Å². The van der Waals surface area contributed by atoms with Crippen molar-refractivity contribution in [3.8, 4) is 0 Å². The lowest BCUT2D eigenvalue weighted by atomic mass is 10.2. The Balaban J connectivity index is 1.57. The fourth-order valence-electron chi connectivity index (χ4n) is 2.77. The number of amides is 1. The van der Waals surface area contributed by atoms with Crippen LogP contribution in [-0.2, 0) is 17.9 Å². The molecule has 4 aromatic rings. The molecule has 1 aromatic carbocycles. The average molecular weight is 333 g/mol. The van der Waals surface area contributed by atoms with Crippen molar-refractivity contribution in [3.63, 3.8) is 0 Å². The summed E-state index contributed by atoms with van der Waals surface area (Å²) in [4.78, 5) is 36.1. The lowest BCUT2D eigenvalue weighted by Crippen LogP contribution is -2.32. The Morgan fingerprint density at radius 2 is 2.08 bits per heavy atom. The van der Waals surface area contributed by atoms with Gasteiger partial charge in [0.05, 0.1) is 6.33 Å². The monoisotopic (exact) mass is 333 g/mol. The zero-order valence-corrected chi connectivity index (χ0v) is 13.3. The number of rotatable bonds is 4. The van der Waals surface area contributed by atoms with Crippen LogP contribution in [0.2, 0.25) is 0 Å². The molecule has 0 aliphatic heterocycles. The van der Waals surface area contributed by atoms with Crippen LogP contribution in [0.3, 0.4) is 0 Å². The summed E-state index contributed by atoms with van der Waals surface area (Å²) >= 11 is 0. The Kier molecular flexibility index (Phi) is 3.74. The summed E-state index contributed by atoms with van der Waals surface area (Å²) < 4.78 is 1.30. The number of H-pyrrole nitrogens is 1. The number of aromatic amines is 1. The van der Waals surface area contributed by atoms with Gasteiger partial charge < -0.3 is 10.3 Å². The number of benzene rings is 1. The average Bonchev–Trinajstić information content (AvgIpc) is 3.03. The summed E-state index contributed by atoms with van der Waals surface area (Å²) in [5.41, 5.74) is 2.50. The van der Waals surface area contributed by atoms with E-state index in [-0.39, 0.29) is 18.0 Å². The van der Waals surface area contributed by atoms with Crippen LogP contribution < -0.4 is 10.9 Å². The van der Waals surface area contributed by atoms with Crippen LogP contribution in [0.4, 0.5) is 0 Å². The molecule has 2 N–H and O–H groups in total. The van der Waals surface area contributed by atoms with Crippen molar-refractivity contribution in [2.24, 2.45) is 0 Å². The van der Waals surface area contributed by atoms with Crippen LogP contribution >= 0.6 is 0 Å². The maximum Gasteiger partial charge on any atom is 0.278 e. The van der Waals surface area contributed by atoms with Gasteiger partial charge in [0.2, 0.25) is 5.91 Å². The summed E-state index contributed by atoms with van der Waals surface area (Å²) in [6, 6.07) is 11.3. The second-order valence-corrected chi connectivity index (χ2v) is 5.71. The smallest absolute Gasteiger partial charge is 0.278 e. The minimum Gasteiger partial charge on any atom is -0.350 e. The molecule has 7 nitrogen and oxygen atoms in total. The third-order valence-electron chi connectivity index (χ3n) is 4.01. The molecule has 1 amide bonds. The van der Waals surface area contributed by atoms with Gasteiger partial charge in [-0.25, -0.2) is 4.98 Å². The molecule has 0 aliphatic carbocycles. The number of hydrogen-bond acceptors (Lipinski definition) is 4. The molecule has 3 aromatic heterocycles. The Morgan fingerprint density at radius 1 is 1.20 bits per heavy atom. The molecule has 0 radical (unpaired) electrons. The number of carbonyl (C=O) groups excluding carboxylic acids is 1. The van der Waals surface area contributed by atoms with Gasteiger partial charge in [-0.1, -0.05) is 24.3 Å². The maximum atomic E-state index is 12.6. The van der Waals surface area contributed by atoms with Crippen molar-refractivity contribution < 1.29 is 4.79 Å². The van der Waals surface area contributed by atoms with Crippen LogP contribution in [0, 0.1) is 0 Å². The SMILES string of the molecule is O=C(Cn1cnc2c([nH]c3ccccc32)c1=O)NCc1cccnc1. The molecule has 0 bridgehead atoms. The molecule has 0 aliphatic rings. The highest BCUT2D eigenvalue weighted by Crippen LogP contribution is 2.20. The molecule has 7 heteroatoms. The van der Waals surface area contributed by atoms with Gasteiger partial charge >= 0.3 is 0 Å². The number of para-hydroxylation sites is 1. The first kappa shape index (κ1) is 15.1.